The number of carbonyl (C=O) groups excluding carboxylic acids is 1. The maximum Gasteiger partial charge on any atom is 0.266 e. The Labute approximate surface area is 158 Å². The molecule has 0 bridgehead atoms. The van der Waals surface area contributed by atoms with Gasteiger partial charge in [-0.15, -0.1) is 5.10 Å². The first-order valence-electron chi connectivity index (χ1n) is 7.94. The highest BCUT2D eigenvalue weighted by Crippen LogP contribution is 2.09. The van der Waals surface area contributed by atoms with Gasteiger partial charge in [-0.3, -0.25) is 14.6 Å². The fourth-order valence-electron chi connectivity index (χ4n) is 2.49. The van der Waals surface area contributed by atoms with Crippen LogP contribution in [0, 0.1) is 13.8 Å². The zero-order valence-corrected chi connectivity index (χ0v) is 15.9. The van der Waals surface area contributed by atoms with E-state index < -0.39 is 0 Å². The van der Waals surface area contributed by atoms with E-state index in [1.54, 1.807) is 23.0 Å². The number of nitrogens with zero attached hydrogens (tertiary/aromatic N) is 5. The summed E-state index contributed by atoms with van der Waals surface area (Å²) in [6.07, 6.45) is 3.08. The van der Waals surface area contributed by atoms with Gasteiger partial charge in [-0.2, -0.15) is 5.10 Å². The maximum absolute atomic E-state index is 12.1. The van der Waals surface area contributed by atoms with E-state index in [1.165, 1.54) is 16.9 Å². The van der Waals surface area contributed by atoms with Gasteiger partial charge in [0.15, 0.2) is 5.82 Å². The number of hydrogen-bond donors (Lipinski definition) is 1. The van der Waals surface area contributed by atoms with Crippen LogP contribution in [-0.2, 0) is 6.54 Å². The number of rotatable bonds is 5. The normalized spacial score (nSPS) is 10.7. The van der Waals surface area contributed by atoms with Crippen LogP contribution in [0.3, 0.4) is 0 Å². The molecule has 0 fully saturated rings. The molecular formula is C17H17BrN6O2. The van der Waals surface area contributed by atoms with Gasteiger partial charge in [-0.05, 0) is 48.0 Å². The topological polar surface area (TPSA) is 94.7 Å². The number of halogens is 1. The van der Waals surface area contributed by atoms with Gasteiger partial charge < -0.3 is 5.32 Å². The van der Waals surface area contributed by atoms with Crippen LogP contribution in [0.2, 0.25) is 0 Å². The average molecular weight is 417 g/mol. The molecule has 8 nitrogen and oxygen atoms in total. The second kappa shape index (κ2) is 7.61. The molecule has 0 unspecified atom stereocenters. The first kappa shape index (κ1) is 18.0. The zero-order chi connectivity index (χ0) is 18.7. The van der Waals surface area contributed by atoms with E-state index in [-0.39, 0.29) is 24.6 Å². The summed E-state index contributed by atoms with van der Waals surface area (Å²) >= 11 is 3.28. The van der Waals surface area contributed by atoms with E-state index in [0.717, 1.165) is 15.9 Å². The molecule has 0 saturated carbocycles. The lowest BCUT2D eigenvalue weighted by Gasteiger charge is -2.09. The van der Waals surface area contributed by atoms with Crippen molar-refractivity contribution < 1.29 is 4.79 Å². The first-order valence-corrected chi connectivity index (χ1v) is 8.74. The Hall–Kier alpha value is -2.81. The largest absolute Gasteiger partial charge is 0.350 e. The zero-order valence-electron chi connectivity index (χ0n) is 14.3. The number of hydrogen-bond acceptors (Lipinski definition) is 5. The second-order valence-corrected chi connectivity index (χ2v) is 6.66. The summed E-state index contributed by atoms with van der Waals surface area (Å²) in [5, 5.41) is 11.5. The van der Waals surface area contributed by atoms with Gasteiger partial charge in [0, 0.05) is 35.2 Å². The van der Waals surface area contributed by atoms with Crippen molar-refractivity contribution in [3.63, 3.8) is 0 Å². The summed E-state index contributed by atoms with van der Waals surface area (Å²) in [6, 6.07) is 6.68. The maximum atomic E-state index is 12.1. The Morgan fingerprint density at radius 2 is 2.00 bits per heavy atom. The molecule has 3 aromatic heterocycles. The number of aromatic nitrogens is 5. The molecule has 3 aromatic rings. The lowest BCUT2D eigenvalue weighted by atomic mass is 10.3. The summed E-state index contributed by atoms with van der Waals surface area (Å²) in [5.41, 5.74) is 2.00. The molecule has 134 valence electrons. The predicted octanol–water partition coefficient (Wildman–Crippen LogP) is 1.63. The third-order valence-electron chi connectivity index (χ3n) is 3.66. The minimum Gasteiger partial charge on any atom is -0.350 e. The molecule has 0 saturated heterocycles. The van der Waals surface area contributed by atoms with Crippen molar-refractivity contribution in [2.24, 2.45) is 0 Å². The molecule has 3 rings (SSSR count). The van der Waals surface area contributed by atoms with Crippen molar-refractivity contribution >= 4 is 21.8 Å². The van der Waals surface area contributed by atoms with E-state index >= 15 is 0 Å². The number of amides is 1. The fraction of sp³-hybridized carbons (Fsp3) is 0.235. The van der Waals surface area contributed by atoms with Crippen LogP contribution in [0.25, 0.3) is 5.82 Å². The highest BCUT2D eigenvalue weighted by Gasteiger charge is 2.09. The van der Waals surface area contributed by atoms with Crippen molar-refractivity contribution in [1.29, 1.82) is 0 Å². The molecule has 0 aliphatic heterocycles. The van der Waals surface area contributed by atoms with Crippen LogP contribution < -0.4 is 10.9 Å². The Balaban J connectivity index is 1.70. The predicted molar refractivity (Wildman–Crippen MR) is 99.4 cm³/mol. The Bertz CT molecular complexity index is 1010. The monoisotopic (exact) mass is 416 g/mol. The number of pyridine rings is 1. The fourth-order valence-corrected chi connectivity index (χ4v) is 2.85. The lowest BCUT2D eigenvalue weighted by molar-refractivity contribution is 0.0951. The number of nitrogens with one attached hydrogen (secondary N) is 1. The summed E-state index contributed by atoms with van der Waals surface area (Å²) < 4.78 is 3.71. The van der Waals surface area contributed by atoms with E-state index in [2.05, 4.69) is 36.4 Å². The number of aryl methyl sites for hydroxylation is 2. The van der Waals surface area contributed by atoms with Gasteiger partial charge in [-0.25, -0.2) is 9.36 Å². The third-order valence-corrected chi connectivity index (χ3v) is 4.09. The van der Waals surface area contributed by atoms with Gasteiger partial charge in [-0.1, -0.05) is 0 Å². The van der Waals surface area contributed by atoms with Crippen molar-refractivity contribution in [2.45, 2.75) is 20.4 Å². The smallest absolute Gasteiger partial charge is 0.266 e. The van der Waals surface area contributed by atoms with E-state index in [4.69, 9.17) is 0 Å². The standard InChI is InChI=1S/C17H17BrN6O2/c1-11-7-12(2)24(21-11)15-3-4-16(25)23(22-15)6-5-20-17(26)13-8-14(18)10-19-9-13/h3-4,7-10H,5-6H2,1-2H3,(H,20,26). The highest BCUT2D eigenvalue weighted by atomic mass is 79.9. The quantitative estimate of drug-likeness (QED) is 0.681. The van der Waals surface area contributed by atoms with Crippen molar-refractivity contribution in [3.8, 4) is 5.82 Å². The summed E-state index contributed by atoms with van der Waals surface area (Å²) in [6.45, 7) is 4.33. The Kier molecular flexibility index (Phi) is 5.27. The van der Waals surface area contributed by atoms with Gasteiger partial charge in [0.2, 0.25) is 0 Å². The van der Waals surface area contributed by atoms with Crippen molar-refractivity contribution in [3.05, 3.63) is 68.4 Å². The van der Waals surface area contributed by atoms with E-state index in [0.29, 0.717) is 11.4 Å². The SMILES string of the molecule is Cc1cc(C)n(-c2ccc(=O)n(CCNC(=O)c3cncc(Br)c3)n2)n1. The van der Waals surface area contributed by atoms with Gasteiger partial charge in [0.05, 0.1) is 17.8 Å². The molecule has 1 N–H and O–H groups in total. The molecule has 0 aliphatic carbocycles. The molecule has 0 radical (unpaired) electrons. The van der Waals surface area contributed by atoms with Crippen LogP contribution in [0.1, 0.15) is 21.7 Å². The second-order valence-electron chi connectivity index (χ2n) is 5.74. The van der Waals surface area contributed by atoms with Crippen LogP contribution in [0.15, 0.2) is 45.9 Å². The van der Waals surface area contributed by atoms with Gasteiger partial charge in [0.25, 0.3) is 11.5 Å². The van der Waals surface area contributed by atoms with Crippen molar-refractivity contribution in [1.82, 2.24) is 29.9 Å². The minimum atomic E-state index is -0.262. The molecule has 26 heavy (non-hydrogen) atoms. The van der Waals surface area contributed by atoms with Crippen LogP contribution in [-0.4, -0.2) is 37.0 Å². The minimum absolute atomic E-state index is 0.242. The summed E-state index contributed by atoms with van der Waals surface area (Å²) in [4.78, 5) is 28.1. The summed E-state index contributed by atoms with van der Waals surface area (Å²) in [5.74, 6) is 0.291. The molecule has 0 spiro atoms. The average Bonchev–Trinajstić information content (AvgIpc) is 2.95. The lowest BCUT2D eigenvalue weighted by Crippen LogP contribution is -2.32. The third kappa shape index (κ3) is 4.05. The molecule has 3 heterocycles. The molecule has 0 aromatic carbocycles. The van der Waals surface area contributed by atoms with E-state index in [9.17, 15) is 9.59 Å². The summed E-state index contributed by atoms with van der Waals surface area (Å²) in [7, 11) is 0. The molecule has 0 aliphatic rings. The Morgan fingerprint density at radius 3 is 2.69 bits per heavy atom. The van der Waals surface area contributed by atoms with E-state index in [1.807, 2.05) is 19.9 Å². The van der Waals surface area contributed by atoms with Gasteiger partial charge in [0.1, 0.15) is 0 Å². The molecule has 9 heteroatoms. The Morgan fingerprint density at radius 1 is 1.19 bits per heavy atom. The van der Waals surface area contributed by atoms with Crippen LogP contribution >= 0.6 is 15.9 Å². The molecule has 0 atom stereocenters. The first-order chi connectivity index (χ1) is 12.4. The van der Waals surface area contributed by atoms with Crippen molar-refractivity contribution in [2.75, 3.05) is 6.54 Å². The number of carbonyl (C=O) groups is 1. The molecular weight excluding hydrogens is 400 g/mol. The van der Waals surface area contributed by atoms with Crippen LogP contribution in [0.5, 0.6) is 0 Å². The van der Waals surface area contributed by atoms with Gasteiger partial charge >= 0.3 is 0 Å². The molecule has 1 amide bonds. The highest BCUT2D eigenvalue weighted by molar-refractivity contribution is 9.10. The van der Waals surface area contributed by atoms with Crippen LogP contribution in [0.4, 0.5) is 0 Å².